The van der Waals surface area contributed by atoms with E-state index in [9.17, 15) is 9.90 Å². The van der Waals surface area contributed by atoms with Gasteiger partial charge in [-0.2, -0.15) is 0 Å². The smallest absolute Gasteiger partial charge is 0.239 e. The molecule has 0 aromatic carbocycles. The quantitative estimate of drug-likeness (QED) is 0.819. The molecule has 19 heavy (non-hydrogen) atoms. The van der Waals surface area contributed by atoms with Crippen molar-refractivity contribution in [3.05, 3.63) is 18.5 Å². The number of amides is 1. The minimum absolute atomic E-state index is 0.0312. The van der Waals surface area contributed by atoms with Crippen molar-refractivity contribution in [1.82, 2.24) is 15.3 Å². The molecular weight excluding hydrogens is 244 g/mol. The maximum Gasteiger partial charge on any atom is 0.239 e. The van der Waals surface area contributed by atoms with Crippen LogP contribution >= 0.6 is 0 Å². The van der Waals surface area contributed by atoms with Crippen molar-refractivity contribution in [2.75, 3.05) is 18.5 Å². The standard InChI is InChI=1S/C13H20N4O2/c1-17(13-14-7-2-8-15-13)9-12(19)16-10-3-5-11(18)6-4-10/h2,7-8,10-11,18H,3-6,9H2,1H3,(H,16,19). The largest absolute Gasteiger partial charge is 0.393 e. The Morgan fingerprint density at radius 1 is 1.37 bits per heavy atom. The minimum atomic E-state index is -0.200. The second kappa shape index (κ2) is 6.47. The number of hydrogen-bond donors (Lipinski definition) is 2. The first-order chi connectivity index (χ1) is 9.15. The Kier molecular flexibility index (Phi) is 4.68. The Morgan fingerprint density at radius 3 is 2.63 bits per heavy atom. The summed E-state index contributed by atoms with van der Waals surface area (Å²) in [6.07, 6.45) is 6.33. The van der Waals surface area contributed by atoms with Gasteiger partial charge in [0.1, 0.15) is 0 Å². The Bertz CT molecular complexity index is 404. The van der Waals surface area contributed by atoms with Crippen LogP contribution in [0.5, 0.6) is 0 Å². The Labute approximate surface area is 112 Å². The third-order valence-corrected chi connectivity index (χ3v) is 3.34. The summed E-state index contributed by atoms with van der Waals surface area (Å²) in [6, 6.07) is 1.92. The number of nitrogens with one attached hydrogen (secondary N) is 1. The van der Waals surface area contributed by atoms with E-state index in [1.807, 2.05) is 0 Å². The summed E-state index contributed by atoms with van der Waals surface area (Å²) in [4.78, 5) is 21.8. The van der Waals surface area contributed by atoms with Gasteiger partial charge in [0.2, 0.25) is 11.9 Å². The zero-order valence-electron chi connectivity index (χ0n) is 11.1. The topological polar surface area (TPSA) is 78.4 Å². The third-order valence-electron chi connectivity index (χ3n) is 3.34. The van der Waals surface area contributed by atoms with Gasteiger partial charge in [0.05, 0.1) is 12.6 Å². The second-order valence-electron chi connectivity index (χ2n) is 4.98. The number of aromatic nitrogens is 2. The summed E-state index contributed by atoms with van der Waals surface area (Å²) in [7, 11) is 1.79. The first-order valence-electron chi connectivity index (χ1n) is 6.60. The van der Waals surface area contributed by atoms with E-state index in [1.54, 1.807) is 30.4 Å². The van der Waals surface area contributed by atoms with Crippen LogP contribution in [0.15, 0.2) is 18.5 Å². The van der Waals surface area contributed by atoms with E-state index >= 15 is 0 Å². The second-order valence-corrected chi connectivity index (χ2v) is 4.98. The minimum Gasteiger partial charge on any atom is -0.393 e. The molecule has 1 saturated carbocycles. The van der Waals surface area contributed by atoms with E-state index in [0.717, 1.165) is 25.7 Å². The summed E-state index contributed by atoms with van der Waals surface area (Å²) >= 11 is 0. The predicted molar refractivity (Wildman–Crippen MR) is 71.7 cm³/mol. The highest BCUT2D eigenvalue weighted by atomic mass is 16.3. The van der Waals surface area contributed by atoms with Crippen LogP contribution < -0.4 is 10.2 Å². The van der Waals surface area contributed by atoms with E-state index < -0.39 is 0 Å². The van der Waals surface area contributed by atoms with E-state index in [4.69, 9.17) is 0 Å². The molecule has 0 saturated heterocycles. The fourth-order valence-corrected chi connectivity index (χ4v) is 2.27. The van der Waals surface area contributed by atoms with Gasteiger partial charge in [-0.1, -0.05) is 0 Å². The predicted octanol–water partition coefficient (Wildman–Crippen LogP) is 0.332. The molecule has 1 aliphatic carbocycles. The number of rotatable bonds is 4. The summed E-state index contributed by atoms with van der Waals surface area (Å²) < 4.78 is 0. The van der Waals surface area contributed by atoms with E-state index in [0.29, 0.717) is 5.95 Å². The van der Waals surface area contributed by atoms with Crippen molar-refractivity contribution in [3.63, 3.8) is 0 Å². The maximum atomic E-state index is 11.9. The van der Waals surface area contributed by atoms with Crippen LogP contribution in [-0.4, -0.2) is 46.7 Å². The molecule has 0 aliphatic heterocycles. The molecule has 2 rings (SSSR count). The number of nitrogens with zero attached hydrogens (tertiary/aromatic N) is 3. The Balaban J connectivity index is 1.78. The average molecular weight is 264 g/mol. The lowest BCUT2D eigenvalue weighted by Gasteiger charge is -2.27. The Hall–Kier alpha value is -1.69. The number of carbonyl (C=O) groups is 1. The van der Waals surface area contributed by atoms with Gasteiger partial charge in [-0.15, -0.1) is 0 Å². The summed E-state index contributed by atoms with van der Waals surface area (Å²) in [5.41, 5.74) is 0. The lowest BCUT2D eigenvalue weighted by molar-refractivity contribution is -0.120. The van der Waals surface area contributed by atoms with E-state index in [1.165, 1.54) is 0 Å². The molecule has 0 atom stereocenters. The Morgan fingerprint density at radius 2 is 2.00 bits per heavy atom. The molecule has 1 fully saturated rings. The summed E-state index contributed by atoms with van der Waals surface area (Å²) in [5, 5.41) is 12.4. The van der Waals surface area contributed by atoms with E-state index in [-0.39, 0.29) is 24.6 Å². The number of likely N-dealkylation sites (N-methyl/N-ethyl adjacent to an activating group) is 1. The zero-order valence-corrected chi connectivity index (χ0v) is 11.1. The van der Waals surface area contributed by atoms with Crippen LogP contribution in [0.1, 0.15) is 25.7 Å². The van der Waals surface area contributed by atoms with Crippen molar-refractivity contribution in [2.45, 2.75) is 37.8 Å². The van der Waals surface area contributed by atoms with Crippen LogP contribution in [0, 0.1) is 0 Å². The third kappa shape index (κ3) is 4.17. The molecule has 0 unspecified atom stereocenters. The fourth-order valence-electron chi connectivity index (χ4n) is 2.27. The molecule has 0 spiro atoms. The summed E-state index contributed by atoms with van der Waals surface area (Å²) in [5.74, 6) is 0.507. The molecule has 1 aliphatic rings. The molecule has 1 amide bonds. The van der Waals surface area contributed by atoms with Gasteiger partial charge in [0.15, 0.2) is 0 Å². The highest BCUT2D eigenvalue weighted by molar-refractivity contribution is 5.80. The van der Waals surface area contributed by atoms with Crippen molar-refractivity contribution < 1.29 is 9.90 Å². The zero-order chi connectivity index (χ0) is 13.7. The normalized spacial score (nSPS) is 22.8. The first-order valence-corrected chi connectivity index (χ1v) is 6.60. The molecule has 0 radical (unpaired) electrons. The molecule has 6 nitrogen and oxygen atoms in total. The van der Waals surface area contributed by atoms with Gasteiger partial charge in [-0.05, 0) is 31.7 Å². The fraction of sp³-hybridized carbons (Fsp3) is 0.615. The van der Waals surface area contributed by atoms with Gasteiger partial charge >= 0.3 is 0 Å². The van der Waals surface area contributed by atoms with E-state index in [2.05, 4.69) is 15.3 Å². The molecular formula is C13H20N4O2. The molecule has 1 aromatic heterocycles. The number of aliphatic hydroxyl groups is 1. The molecule has 0 bridgehead atoms. The maximum absolute atomic E-state index is 11.9. The lowest BCUT2D eigenvalue weighted by atomic mass is 9.93. The van der Waals surface area contributed by atoms with Gasteiger partial charge in [-0.25, -0.2) is 9.97 Å². The van der Waals surface area contributed by atoms with Crippen molar-refractivity contribution >= 4 is 11.9 Å². The van der Waals surface area contributed by atoms with Crippen LogP contribution in [0.4, 0.5) is 5.95 Å². The number of carbonyl (C=O) groups excluding carboxylic acids is 1. The van der Waals surface area contributed by atoms with Crippen LogP contribution in [-0.2, 0) is 4.79 Å². The first kappa shape index (κ1) is 13.7. The SMILES string of the molecule is CN(CC(=O)NC1CCC(O)CC1)c1ncccn1. The van der Waals surface area contributed by atoms with Crippen molar-refractivity contribution in [3.8, 4) is 0 Å². The average Bonchev–Trinajstić information content (AvgIpc) is 2.42. The molecule has 6 heteroatoms. The lowest BCUT2D eigenvalue weighted by Crippen LogP contribution is -2.43. The molecule has 104 valence electrons. The van der Waals surface area contributed by atoms with Gasteiger partial charge in [-0.3, -0.25) is 4.79 Å². The highest BCUT2D eigenvalue weighted by Gasteiger charge is 2.21. The number of anilines is 1. The molecule has 1 heterocycles. The van der Waals surface area contributed by atoms with Gasteiger partial charge in [0.25, 0.3) is 0 Å². The van der Waals surface area contributed by atoms with Crippen molar-refractivity contribution in [1.29, 1.82) is 0 Å². The van der Waals surface area contributed by atoms with Crippen LogP contribution in [0.2, 0.25) is 0 Å². The molecule has 2 N–H and O–H groups in total. The highest BCUT2D eigenvalue weighted by Crippen LogP contribution is 2.18. The number of hydrogen-bond acceptors (Lipinski definition) is 5. The van der Waals surface area contributed by atoms with Crippen LogP contribution in [0.25, 0.3) is 0 Å². The van der Waals surface area contributed by atoms with Crippen molar-refractivity contribution in [2.24, 2.45) is 0 Å². The van der Waals surface area contributed by atoms with Gasteiger partial charge < -0.3 is 15.3 Å². The monoisotopic (exact) mass is 264 g/mol. The van der Waals surface area contributed by atoms with Gasteiger partial charge in [0, 0.05) is 25.5 Å². The molecule has 1 aromatic rings. The number of aliphatic hydroxyl groups excluding tert-OH is 1. The summed E-state index contributed by atoms with van der Waals surface area (Å²) in [6.45, 7) is 0.239. The van der Waals surface area contributed by atoms with Crippen LogP contribution in [0.3, 0.4) is 0 Å².